The van der Waals surface area contributed by atoms with E-state index in [9.17, 15) is 30.7 Å². The Bertz CT molecular complexity index is 1310. The van der Waals surface area contributed by atoms with Crippen molar-refractivity contribution in [2.24, 2.45) is 17.8 Å². The summed E-state index contributed by atoms with van der Waals surface area (Å²) in [5.41, 5.74) is -1.53. The molecule has 5 rings (SSSR count). The number of benzene rings is 3. The van der Waals surface area contributed by atoms with Crippen LogP contribution in [0.4, 0.5) is 35.1 Å². The molecule has 0 spiro atoms. The third-order valence-corrected chi connectivity index (χ3v) is 8.00. The summed E-state index contributed by atoms with van der Waals surface area (Å²) in [7, 11) is 0. The first kappa shape index (κ1) is 26.5. The smallest absolute Gasteiger partial charge is 0.429 e. The summed E-state index contributed by atoms with van der Waals surface area (Å²) in [4.78, 5) is 0. The van der Waals surface area contributed by atoms with Gasteiger partial charge in [0.05, 0.1) is 0 Å². The van der Waals surface area contributed by atoms with Gasteiger partial charge in [0.2, 0.25) is 0 Å². The van der Waals surface area contributed by atoms with Crippen LogP contribution in [-0.4, -0.2) is 0 Å². The van der Waals surface area contributed by atoms with Crippen LogP contribution in [0.3, 0.4) is 0 Å². The van der Waals surface area contributed by atoms with Crippen LogP contribution >= 0.6 is 0 Å². The molecule has 2 unspecified atom stereocenters. The summed E-state index contributed by atoms with van der Waals surface area (Å²) in [6, 6.07) is 5.70. The van der Waals surface area contributed by atoms with Gasteiger partial charge in [-0.25, -0.2) is 26.3 Å². The molecule has 2 aliphatic carbocycles. The molecule has 1 nitrogen and oxygen atoms in total. The molecule has 0 amide bonds. The van der Waals surface area contributed by atoms with E-state index >= 15 is 4.39 Å². The molecule has 2 saturated carbocycles. The van der Waals surface area contributed by atoms with Crippen molar-refractivity contribution in [2.45, 2.75) is 51.1 Å². The van der Waals surface area contributed by atoms with Gasteiger partial charge in [-0.1, -0.05) is 25.5 Å². The molecule has 9 heteroatoms. The molecule has 2 atom stereocenters. The molecule has 0 N–H and O–H groups in total. The lowest BCUT2D eigenvalue weighted by atomic mass is 9.90. The second-order valence-electron chi connectivity index (χ2n) is 10.3. The summed E-state index contributed by atoms with van der Waals surface area (Å²) in [5, 5.41) is 0. The summed E-state index contributed by atoms with van der Waals surface area (Å²) >= 11 is 0. The van der Waals surface area contributed by atoms with Crippen LogP contribution in [0.5, 0.6) is 5.75 Å². The fraction of sp³-hybridized carbons (Fsp3) is 0.379. The molecule has 0 aliphatic heterocycles. The van der Waals surface area contributed by atoms with E-state index in [1.165, 1.54) is 25.0 Å². The Balaban J connectivity index is 1.37. The first-order valence-corrected chi connectivity index (χ1v) is 12.5. The molecule has 3 aromatic carbocycles. The Kier molecular flexibility index (Phi) is 6.90. The monoisotopic (exact) mass is 540 g/mol. The first-order valence-electron chi connectivity index (χ1n) is 12.5. The zero-order valence-corrected chi connectivity index (χ0v) is 20.3. The summed E-state index contributed by atoms with van der Waals surface area (Å²) in [5.74, 6) is -8.82. The number of fused-ring (bicyclic) bond motifs is 1. The number of hydrogen-bond donors (Lipinski definition) is 0. The predicted octanol–water partition coefficient (Wildman–Crippen LogP) is 9.25. The number of rotatable bonds is 6. The Hall–Kier alpha value is -3.10. The van der Waals surface area contributed by atoms with E-state index in [0.29, 0.717) is 24.0 Å². The van der Waals surface area contributed by atoms with E-state index in [0.717, 1.165) is 30.7 Å². The van der Waals surface area contributed by atoms with Crippen molar-refractivity contribution in [3.05, 3.63) is 88.5 Å². The van der Waals surface area contributed by atoms with Crippen molar-refractivity contribution in [3.63, 3.8) is 0 Å². The normalized spacial score (nSPS) is 23.1. The summed E-state index contributed by atoms with van der Waals surface area (Å²) < 4.78 is 118. The highest BCUT2D eigenvalue weighted by Crippen LogP contribution is 2.53. The maximum absolute atomic E-state index is 15.1. The molecule has 2 aliphatic rings. The van der Waals surface area contributed by atoms with Gasteiger partial charge in [-0.05, 0) is 78.7 Å². The lowest BCUT2D eigenvalue weighted by Gasteiger charge is -2.20. The topological polar surface area (TPSA) is 9.23 Å². The maximum atomic E-state index is 15.1. The lowest BCUT2D eigenvalue weighted by Crippen LogP contribution is -2.25. The second-order valence-corrected chi connectivity index (χ2v) is 10.3. The molecule has 0 aromatic heterocycles. The predicted molar refractivity (Wildman–Crippen MR) is 125 cm³/mol. The molecule has 0 bridgehead atoms. The van der Waals surface area contributed by atoms with Gasteiger partial charge in [0.15, 0.2) is 17.5 Å². The van der Waals surface area contributed by atoms with Gasteiger partial charge in [-0.3, -0.25) is 0 Å². The zero-order valence-electron chi connectivity index (χ0n) is 20.3. The molecule has 38 heavy (non-hydrogen) atoms. The van der Waals surface area contributed by atoms with Crippen LogP contribution in [0.15, 0.2) is 42.5 Å². The van der Waals surface area contributed by atoms with Crippen LogP contribution in [0.2, 0.25) is 0 Å². The summed E-state index contributed by atoms with van der Waals surface area (Å²) in [6.07, 6.45) is 0.742. The van der Waals surface area contributed by atoms with Gasteiger partial charge in [0, 0.05) is 17.7 Å². The fourth-order valence-corrected chi connectivity index (χ4v) is 6.16. The average Bonchev–Trinajstić information content (AvgIpc) is 3.40. The van der Waals surface area contributed by atoms with Gasteiger partial charge >= 0.3 is 6.11 Å². The third kappa shape index (κ3) is 4.87. The van der Waals surface area contributed by atoms with Gasteiger partial charge in [-0.2, -0.15) is 8.78 Å². The molecule has 0 radical (unpaired) electrons. The minimum atomic E-state index is -4.72. The van der Waals surface area contributed by atoms with E-state index in [1.807, 2.05) is 0 Å². The Morgan fingerprint density at radius 1 is 0.737 bits per heavy atom. The van der Waals surface area contributed by atoms with E-state index in [-0.39, 0.29) is 29.2 Å². The van der Waals surface area contributed by atoms with Crippen molar-refractivity contribution in [1.29, 1.82) is 0 Å². The average molecular weight is 540 g/mol. The molecule has 0 heterocycles. The van der Waals surface area contributed by atoms with Crippen molar-refractivity contribution >= 4 is 0 Å². The zero-order chi connectivity index (χ0) is 27.4. The van der Waals surface area contributed by atoms with Crippen molar-refractivity contribution in [3.8, 4) is 16.9 Å². The maximum Gasteiger partial charge on any atom is 0.432 e. The van der Waals surface area contributed by atoms with Gasteiger partial charge in [0.25, 0.3) is 0 Å². The SMILES string of the molecule is CCC1CC2CC(c3ccc(-c4cc(F)c(C(F)(F)Oc5cc(F)c(F)c(F)c5)c(F)c4)c(F)c3)CC2C1. The number of alkyl halides is 2. The quantitative estimate of drug-likeness (QED) is 0.224. The molecular formula is C29H24F8O. The number of halogens is 8. The Morgan fingerprint density at radius 2 is 1.32 bits per heavy atom. The minimum Gasteiger partial charge on any atom is -0.429 e. The van der Waals surface area contributed by atoms with E-state index in [2.05, 4.69) is 11.7 Å². The highest BCUT2D eigenvalue weighted by molar-refractivity contribution is 5.65. The van der Waals surface area contributed by atoms with Crippen molar-refractivity contribution < 1.29 is 39.9 Å². The lowest BCUT2D eigenvalue weighted by molar-refractivity contribution is -0.189. The van der Waals surface area contributed by atoms with Gasteiger partial charge in [-0.15, -0.1) is 0 Å². The molecule has 3 aromatic rings. The van der Waals surface area contributed by atoms with Crippen LogP contribution in [-0.2, 0) is 6.11 Å². The number of ether oxygens (including phenoxy) is 1. The van der Waals surface area contributed by atoms with Crippen LogP contribution in [0, 0.1) is 52.7 Å². The molecule has 2 fully saturated rings. The van der Waals surface area contributed by atoms with Crippen LogP contribution in [0.1, 0.15) is 56.1 Å². The highest BCUT2D eigenvalue weighted by atomic mass is 19.3. The minimum absolute atomic E-state index is 0.118. The largest absolute Gasteiger partial charge is 0.432 e. The molecule has 0 saturated heterocycles. The van der Waals surface area contributed by atoms with Crippen molar-refractivity contribution in [1.82, 2.24) is 0 Å². The highest BCUT2D eigenvalue weighted by Gasteiger charge is 2.43. The first-order chi connectivity index (χ1) is 18.0. The Morgan fingerprint density at radius 3 is 1.84 bits per heavy atom. The summed E-state index contributed by atoms with van der Waals surface area (Å²) in [6.45, 7) is 2.19. The van der Waals surface area contributed by atoms with Crippen molar-refractivity contribution in [2.75, 3.05) is 0 Å². The Labute approximate surface area is 214 Å². The van der Waals surface area contributed by atoms with Crippen LogP contribution < -0.4 is 4.74 Å². The van der Waals surface area contributed by atoms with E-state index in [4.69, 9.17) is 0 Å². The van der Waals surface area contributed by atoms with E-state index < -0.39 is 52.3 Å². The second kappa shape index (κ2) is 9.89. The molecule has 202 valence electrons. The van der Waals surface area contributed by atoms with Gasteiger partial charge in [0.1, 0.15) is 28.8 Å². The van der Waals surface area contributed by atoms with Crippen LogP contribution in [0.25, 0.3) is 11.1 Å². The molecular weight excluding hydrogens is 516 g/mol. The standard InChI is InChI=1S/C29H24F8O/c1-2-14-5-16-7-18(8-17(16)6-14)15-3-4-21(22(30)9-15)19-10-23(31)27(24(32)11-19)29(36,37)38-20-12-25(33)28(35)26(34)13-20/h3-4,9-14,16-18H,2,5-8H2,1H3. The number of hydrogen-bond acceptors (Lipinski definition) is 1. The van der Waals surface area contributed by atoms with E-state index in [1.54, 1.807) is 6.07 Å². The third-order valence-electron chi connectivity index (χ3n) is 8.00. The fourth-order valence-electron chi connectivity index (χ4n) is 6.16. The van der Waals surface area contributed by atoms with Gasteiger partial charge < -0.3 is 4.74 Å².